The molecular formula is C30H36N2O6. The Morgan fingerprint density at radius 1 is 0.737 bits per heavy atom. The first-order chi connectivity index (χ1) is 18.7. The highest BCUT2D eigenvalue weighted by atomic mass is 16.6. The molecule has 2 heterocycles. The number of ether oxygens (including phenoxy) is 4. The maximum absolute atomic E-state index is 13.4. The predicted octanol–water partition coefficient (Wildman–Crippen LogP) is 3.84. The van der Waals surface area contributed by atoms with Gasteiger partial charge in [-0.05, 0) is 65.4 Å². The summed E-state index contributed by atoms with van der Waals surface area (Å²) in [5.41, 5.74) is 0.806. The molecule has 38 heavy (non-hydrogen) atoms. The van der Waals surface area contributed by atoms with Crippen molar-refractivity contribution in [3.8, 4) is 0 Å². The minimum atomic E-state index is -0.242. The normalized spacial score (nSPS) is 18.0. The van der Waals surface area contributed by atoms with E-state index in [9.17, 15) is 9.59 Å². The number of carbonyl (C=O) groups excluding carboxylic acids is 2. The van der Waals surface area contributed by atoms with Gasteiger partial charge in [-0.25, -0.2) is 0 Å². The molecule has 8 nitrogen and oxygen atoms in total. The number of benzene rings is 3. The van der Waals surface area contributed by atoms with E-state index in [0.717, 1.165) is 60.4 Å². The molecule has 8 heteroatoms. The Bertz CT molecular complexity index is 1250. The molecule has 3 aromatic rings. The van der Waals surface area contributed by atoms with Gasteiger partial charge in [-0.2, -0.15) is 0 Å². The topological polar surface area (TPSA) is 102 Å². The van der Waals surface area contributed by atoms with Crippen LogP contribution in [0.2, 0.25) is 0 Å². The van der Waals surface area contributed by atoms with E-state index in [-0.39, 0.29) is 24.0 Å². The molecule has 2 aliphatic heterocycles. The van der Waals surface area contributed by atoms with Crippen LogP contribution in [0.3, 0.4) is 0 Å². The Balaban J connectivity index is 1.22. The molecule has 2 N–H and O–H groups in total. The van der Waals surface area contributed by atoms with Gasteiger partial charge in [-0.3, -0.25) is 9.59 Å². The predicted molar refractivity (Wildman–Crippen MR) is 146 cm³/mol. The summed E-state index contributed by atoms with van der Waals surface area (Å²) in [6, 6.07) is 15.8. The summed E-state index contributed by atoms with van der Waals surface area (Å²) >= 11 is 0. The number of carbonyl (C=O) groups is 2. The summed E-state index contributed by atoms with van der Waals surface area (Å²) in [6.45, 7) is 5.17. The number of hydrogen-bond donors (Lipinski definition) is 2. The maximum Gasteiger partial charge on any atom is 0.252 e. The maximum atomic E-state index is 13.4. The van der Waals surface area contributed by atoms with E-state index in [0.29, 0.717) is 50.6 Å². The van der Waals surface area contributed by atoms with Crippen LogP contribution in [0.1, 0.15) is 46.4 Å². The lowest BCUT2D eigenvalue weighted by molar-refractivity contribution is 0.0914. The second kappa shape index (κ2) is 13.2. The summed E-state index contributed by atoms with van der Waals surface area (Å²) in [6.07, 6.45) is 3.81. The van der Waals surface area contributed by atoms with E-state index >= 15 is 0 Å². The second-order valence-electron chi connectivity index (χ2n) is 9.90. The molecule has 0 radical (unpaired) electrons. The third-order valence-corrected chi connectivity index (χ3v) is 6.77. The summed E-state index contributed by atoms with van der Waals surface area (Å²) in [5.74, 6) is -0.479. The van der Waals surface area contributed by atoms with Gasteiger partial charge >= 0.3 is 0 Å². The van der Waals surface area contributed by atoms with Crippen LogP contribution < -0.4 is 10.6 Å². The van der Waals surface area contributed by atoms with Gasteiger partial charge in [0.15, 0.2) is 0 Å². The van der Waals surface area contributed by atoms with Gasteiger partial charge in [0.25, 0.3) is 11.8 Å². The third kappa shape index (κ3) is 7.51. The number of epoxide rings is 2. The molecule has 5 rings (SSSR count). The van der Waals surface area contributed by atoms with Crippen LogP contribution in [0.5, 0.6) is 0 Å². The smallest absolute Gasteiger partial charge is 0.252 e. The van der Waals surface area contributed by atoms with Crippen LogP contribution in [0.4, 0.5) is 0 Å². The fraction of sp³-hybridized carbons (Fsp3) is 0.467. The fourth-order valence-electron chi connectivity index (χ4n) is 4.45. The zero-order valence-corrected chi connectivity index (χ0v) is 21.7. The lowest BCUT2D eigenvalue weighted by Gasteiger charge is -2.15. The summed E-state index contributed by atoms with van der Waals surface area (Å²) in [7, 11) is 0. The zero-order valence-electron chi connectivity index (χ0n) is 21.7. The average Bonchev–Trinajstić information content (AvgIpc) is 3.86. The van der Waals surface area contributed by atoms with Gasteiger partial charge < -0.3 is 29.6 Å². The minimum Gasteiger partial charge on any atom is -0.379 e. The number of nitrogens with one attached hydrogen (secondary N) is 2. The SMILES string of the molecule is O=C(NCCCCOCC1CO1)c1ccc2cc3ccccc3cc2c1C(=O)NCCCCOCC1CO1. The molecule has 0 spiro atoms. The quantitative estimate of drug-likeness (QED) is 0.169. The van der Waals surface area contributed by atoms with E-state index in [1.807, 2.05) is 36.4 Å². The van der Waals surface area contributed by atoms with Crippen LogP contribution in [0, 0.1) is 0 Å². The molecule has 3 aromatic carbocycles. The van der Waals surface area contributed by atoms with Crippen molar-refractivity contribution in [3.63, 3.8) is 0 Å². The number of amides is 2. The highest BCUT2D eigenvalue weighted by Crippen LogP contribution is 2.28. The van der Waals surface area contributed by atoms with Crippen molar-refractivity contribution in [3.05, 3.63) is 59.7 Å². The van der Waals surface area contributed by atoms with Crippen molar-refractivity contribution in [2.45, 2.75) is 37.9 Å². The van der Waals surface area contributed by atoms with Crippen molar-refractivity contribution < 1.29 is 28.5 Å². The fourth-order valence-corrected chi connectivity index (χ4v) is 4.45. The molecule has 0 aromatic heterocycles. The zero-order chi connectivity index (χ0) is 26.2. The molecule has 2 atom stereocenters. The third-order valence-electron chi connectivity index (χ3n) is 6.77. The van der Waals surface area contributed by atoms with Crippen molar-refractivity contribution in [1.29, 1.82) is 0 Å². The lowest BCUT2D eigenvalue weighted by atomic mass is 9.95. The minimum absolute atomic E-state index is 0.237. The van der Waals surface area contributed by atoms with E-state index in [1.54, 1.807) is 6.07 Å². The molecule has 2 unspecified atom stereocenters. The molecule has 0 aliphatic carbocycles. The first kappa shape index (κ1) is 26.6. The van der Waals surface area contributed by atoms with Crippen molar-refractivity contribution >= 4 is 33.4 Å². The Kier molecular flexibility index (Phi) is 9.19. The first-order valence-electron chi connectivity index (χ1n) is 13.6. The Morgan fingerprint density at radius 3 is 1.92 bits per heavy atom. The Labute approximate surface area is 222 Å². The molecule has 0 saturated carbocycles. The molecule has 2 aliphatic rings. The highest BCUT2D eigenvalue weighted by molar-refractivity contribution is 6.17. The van der Waals surface area contributed by atoms with Crippen molar-refractivity contribution in [1.82, 2.24) is 10.6 Å². The van der Waals surface area contributed by atoms with Crippen LogP contribution in [0.25, 0.3) is 21.5 Å². The Hall–Kier alpha value is -3.04. The van der Waals surface area contributed by atoms with Gasteiger partial charge in [0.1, 0.15) is 12.2 Å². The lowest BCUT2D eigenvalue weighted by Crippen LogP contribution is -2.31. The van der Waals surface area contributed by atoms with Crippen molar-refractivity contribution in [2.75, 3.05) is 52.7 Å². The molecule has 202 valence electrons. The Morgan fingerprint density at radius 2 is 1.32 bits per heavy atom. The number of rotatable bonds is 16. The van der Waals surface area contributed by atoms with Crippen LogP contribution in [-0.2, 0) is 18.9 Å². The molecule has 2 saturated heterocycles. The number of fused-ring (bicyclic) bond motifs is 2. The van der Waals surface area contributed by atoms with Gasteiger partial charge in [0.2, 0.25) is 0 Å². The largest absolute Gasteiger partial charge is 0.379 e. The van der Waals surface area contributed by atoms with Crippen LogP contribution in [-0.4, -0.2) is 76.8 Å². The van der Waals surface area contributed by atoms with Gasteiger partial charge in [0, 0.05) is 26.3 Å². The number of hydrogen-bond acceptors (Lipinski definition) is 6. The summed E-state index contributed by atoms with van der Waals surface area (Å²) in [5, 5.41) is 9.84. The highest BCUT2D eigenvalue weighted by Gasteiger charge is 2.23. The summed E-state index contributed by atoms with van der Waals surface area (Å²) < 4.78 is 21.4. The number of unbranched alkanes of at least 4 members (excludes halogenated alkanes) is 2. The molecule has 0 bridgehead atoms. The van der Waals surface area contributed by atoms with Gasteiger partial charge in [-0.15, -0.1) is 0 Å². The van der Waals surface area contributed by atoms with E-state index < -0.39 is 0 Å². The van der Waals surface area contributed by atoms with E-state index in [2.05, 4.69) is 16.7 Å². The van der Waals surface area contributed by atoms with Crippen LogP contribution >= 0.6 is 0 Å². The van der Waals surface area contributed by atoms with Gasteiger partial charge in [0.05, 0.1) is 37.6 Å². The summed E-state index contributed by atoms with van der Waals surface area (Å²) in [4.78, 5) is 26.7. The monoisotopic (exact) mass is 520 g/mol. The van der Waals surface area contributed by atoms with E-state index in [4.69, 9.17) is 18.9 Å². The second-order valence-corrected chi connectivity index (χ2v) is 9.90. The molecule has 2 fully saturated rings. The first-order valence-corrected chi connectivity index (χ1v) is 13.6. The van der Waals surface area contributed by atoms with Crippen LogP contribution in [0.15, 0.2) is 48.5 Å². The average molecular weight is 521 g/mol. The van der Waals surface area contributed by atoms with Crippen molar-refractivity contribution in [2.24, 2.45) is 0 Å². The van der Waals surface area contributed by atoms with E-state index in [1.165, 1.54) is 0 Å². The van der Waals surface area contributed by atoms with Gasteiger partial charge in [-0.1, -0.05) is 30.3 Å². The standard InChI is InChI=1S/C30H36N2O6/c33-29(31-11-3-5-13-35-17-24-19-37-24)26-10-9-23-15-21-7-1-2-8-22(21)16-27(23)28(26)30(34)32-12-4-6-14-36-18-25-20-38-25/h1-2,7-10,15-16,24-25H,3-6,11-14,17-20H2,(H,31,33)(H,32,34). The molecular weight excluding hydrogens is 484 g/mol. The molecule has 2 amide bonds.